The van der Waals surface area contributed by atoms with E-state index >= 15 is 0 Å². The molecule has 2 aliphatic heterocycles. The summed E-state index contributed by atoms with van der Waals surface area (Å²) in [5.74, 6) is -0.495. The maximum absolute atomic E-state index is 14.2. The fourth-order valence-corrected chi connectivity index (χ4v) is 5.94. The number of rotatable bonds is 9. The zero-order chi connectivity index (χ0) is 30.2. The van der Waals surface area contributed by atoms with Crippen molar-refractivity contribution in [3.8, 4) is 0 Å². The highest BCUT2D eigenvalue weighted by molar-refractivity contribution is 5.94. The maximum Gasteiger partial charge on any atom is 0.246 e. The van der Waals surface area contributed by atoms with Crippen LogP contribution in [0.3, 0.4) is 0 Å². The highest BCUT2D eigenvalue weighted by Gasteiger charge is 2.44. The first kappa shape index (κ1) is 31.2. The topological polar surface area (TPSA) is 111 Å². The van der Waals surface area contributed by atoms with Gasteiger partial charge in [0.05, 0.1) is 12.1 Å². The Balaban J connectivity index is 1.61. The van der Waals surface area contributed by atoms with Crippen LogP contribution < -0.4 is 16.0 Å². The van der Waals surface area contributed by atoms with Crippen molar-refractivity contribution in [2.45, 2.75) is 83.1 Å². The summed E-state index contributed by atoms with van der Waals surface area (Å²) in [5.41, 5.74) is 1.90. The number of hydrogen-bond acceptors (Lipinski definition) is 5. The lowest BCUT2D eigenvalue weighted by Crippen LogP contribution is -2.57. The molecular formula is C33H45N5O4. The Labute approximate surface area is 249 Å². The first-order chi connectivity index (χ1) is 20.2. The average molecular weight is 576 g/mol. The van der Waals surface area contributed by atoms with Crippen LogP contribution in [0.5, 0.6) is 0 Å². The van der Waals surface area contributed by atoms with Crippen molar-refractivity contribution in [1.29, 1.82) is 0 Å². The van der Waals surface area contributed by atoms with Gasteiger partial charge in [-0.15, -0.1) is 0 Å². The Morgan fingerprint density at radius 3 is 2.02 bits per heavy atom. The zero-order valence-corrected chi connectivity index (χ0v) is 25.2. The highest BCUT2D eigenvalue weighted by atomic mass is 16.2. The maximum atomic E-state index is 14.2. The predicted octanol–water partition coefficient (Wildman–Crippen LogP) is 3.01. The minimum Gasteiger partial charge on any atom is -0.343 e. The first-order valence-corrected chi connectivity index (χ1v) is 15.2. The van der Waals surface area contributed by atoms with E-state index in [-0.39, 0.29) is 41.6 Å². The number of carbonyl (C=O) groups is 4. The number of nitrogens with zero attached hydrogens (tertiary/aromatic N) is 2. The monoisotopic (exact) mass is 575 g/mol. The second-order valence-electron chi connectivity index (χ2n) is 11.9. The van der Waals surface area contributed by atoms with Crippen LogP contribution in [0.15, 0.2) is 60.7 Å². The van der Waals surface area contributed by atoms with Crippen molar-refractivity contribution < 1.29 is 19.2 Å². The summed E-state index contributed by atoms with van der Waals surface area (Å²) < 4.78 is 0. The standard InChI is InChI=1S/C33H45N5O4/c1-22(2)21-29(39)37-19-17-26-15-16-28(38(26)33(42)27(18-20-37)35-31(40)23(3)34-4)32(41)36-30(24-11-7-5-8-12-24)25-13-9-6-10-14-25/h5-14,22-23,26-28,30,34H,15-21H2,1-4H3,(H,35,40)(H,36,41)/t23-,26+,27-,28-/m0/s1. The third-order valence-corrected chi connectivity index (χ3v) is 8.41. The van der Waals surface area contributed by atoms with E-state index in [1.165, 1.54) is 0 Å². The molecule has 0 unspecified atom stereocenters. The van der Waals surface area contributed by atoms with Gasteiger partial charge in [0.2, 0.25) is 23.6 Å². The summed E-state index contributed by atoms with van der Waals surface area (Å²) in [6.45, 7) is 6.64. The van der Waals surface area contributed by atoms with E-state index in [1.807, 2.05) is 79.4 Å². The van der Waals surface area contributed by atoms with Gasteiger partial charge in [-0.3, -0.25) is 19.2 Å². The van der Waals surface area contributed by atoms with Crippen LogP contribution in [0.2, 0.25) is 0 Å². The Morgan fingerprint density at radius 1 is 0.857 bits per heavy atom. The average Bonchev–Trinajstić information content (AvgIpc) is 3.44. The van der Waals surface area contributed by atoms with E-state index in [9.17, 15) is 19.2 Å². The van der Waals surface area contributed by atoms with Gasteiger partial charge in [-0.1, -0.05) is 74.5 Å². The Hall–Kier alpha value is -3.72. The van der Waals surface area contributed by atoms with E-state index in [2.05, 4.69) is 16.0 Å². The van der Waals surface area contributed by atoms with Crippen molar-refractivity contribution in [2.75, 3.05) is 20.1 Å². The summed E-state index contributed by atoms with van der Waals surface area (Å²) in [5, 5.41) is 9.07. The summed E-state index contributed by atoms with van der Waals surface area (Å²) >= 11 is 0. The molecule has 0 radical (unpaired) electrons. The van der Waals surface area contributed by atoms with Gasteiger partial charge in [0.25, 0.3) is 0 Å². The molecule has 4 atom stereocenters. The normalized spacial score (nSPS) is 21.8. The molecule has 2 saturated heterocycles. The molecule has 2 heterocycles. The molecule has 0 aromatic heterocycles. The van der Waals surface area contributed by atoms with Crippen LogP contribution >= 0.6 is 0 Å². The summed E-state index contributed by atoms with van der Waals surface area (Å²) in [7, 11) is 1.69. The molecule has 9 heteroatoms. The summed E-state index contributed by atoms with van der Waals surface area (Å²) in [6, 6.07) is 17.0. The van der Waals surface area contributed by atoms with Gasteiger partial charge in [-0.05, 0) is 56.7 Å². The molecule has 9 nitrogen and oxygen atoms in total. The molecule has 4 amide bonds. The molecule has 2 fully saturated rings. The molecule has 0 aliphatic carbocycles. The number of carbonyl (C=O) groups excluding carboxylic acids is 4. The number of benzene rings is 2. The molecule has 2 aliphatic rings. The fraction of sp³-hybridized carbons (Fsp3) is 0.515. The van der Waals surface area contributed by atoms with E-state index in [4.69, 9.17) is 0 Å². The predicted molar refractivity (Wildman–Crippen MR) is 162 cm³/mol. The molecule has 0 saturated carbocycles. The number of fused-ring (bicyclic) bond motifs is 1. The third kappa shape index (κ3) is 7.56. The van der Waals surface area contributed by atoms with Crippen LogP contribution in [0.1, 0.15) is 70.0 Å². The minimum atomic E-state index is -0.837. The molecule has 0 bridgehead atoms. The molecule has 226 valence electrons. The van der Waals surface area contributed by atoms with E-state index < -0.39 is 18.1 Å². The summed E-state index contributed by atoms with van der Waals surface area (Å²) in [6.07, 6.45) is 2.49. The van der Waals surface area contributed by atoms with Crippen molar-refractivity contribution in [3.05, 3.63) is 71.8 Å². The SMILES string of the molecule is CN[C@@H](C)C(=O)N[C@H]1CCN(C(=O)CC(C)C)CC[C@H]2CC[C@@H](C(=O)NC(c3ccccc3)c3ccccc3)N2C1=O. The van der Waals surface area contributed by atoms with Gasteiger partial charge in [0.15, 0.2) is 0 Å². The van der Waals surface area contributed by atoms with Crippen molar-refractivity contribution >= 4 is 23.6 Å². The quantitative estimate of drug-likeness (QED) is 0.426. The number of nitrogens with one attached hydrogen (secondary N) is 3. The van der Waals surface area contributed by atoms with Gasteiger partial charge < -0.3 is 25.8 Å². The largest absolute Gasteiger partial charge is 0.343 e. The number of likely N-dealkylation sites (N-methyl/N-ethyl adjacent to an activating group) is 1. The van der Waals surface area contributed by atoms with Crippen LogP contribution in [0, 0.1) is 5.92 Å². The lowest BCUT2D eigenvalue weighted by Gasteiger charge is -2.33. The van der Waals surface area contributed by atoms with E-state index in [0.29, 0.717) is 45.2 Å². The Morgan fingerprint density at radius 2 is 1.45 bits per heavy atom. The Bertz CT molecular complexity index is 1180. The van der Waals surface area contributed by atoms with Crippen LogP contribution in [0.4, 0.5) is 0 Å². The van der Waals surface area contributed by atoms with Crippen molar-refractivity contribution in [1.82, 2.24) is 25.8 Å². The van der Waals surface area contributed by atoms with Gasteiger partial charge >= 0.3 is 0 Å². The van der Waals surface area contributed by atoms with E-state index in [0.717, 1.165) is 11.1 Å². The molecular weight excluding hydrogens is 530 g/mol. The molecule has 2 aromatic carbocycles. The highest BCUT2D eigenvalue weighted by Crippen LogP contribution is 2.31. The molecule has 2 aromatic rings. The number of hydrogen-bond donors (Lipinski definition) is 3. The van der Waals surface area contributed by atoms with E-state index in [1.54, 1.807) is 18.9 Å². The van der Waals surface area contributed by atoms with Gasteiger partial charge in [-0.2, -0.15) is 0 Å². The van der Waals surface area contributed by atoms with Crippen molar-refractivity contribution in [2.24, 2.45) is 5.92 Å². The summed E-state index contributed by atoms with van der Waals surface area (Å²) in [4.78, 5) is 57.7. The van der Waals surface area contributed by atoms with Crippen LogP contribution in [-0.4, -0.2) is 77.7 Å². The third-order valence-electron chi connectivity index (χ3n) is 8.41. The molecule has 42 heavy (non-hydrogen) atoms. The van der Waals surface area contributed by atoms with Crippen LogP contribution in [0.25, 0.3) is 0 Å². The Kier molecular flexibility index (Phi) is 10.7. The molecule has 3 N–H and O–H groups in total. The first-order valence-electron chi connectivity index (χ1n) is 15.2. The fourth-order valence-electron chi connectivity index (χ4n) is 5.94. The van der Waals surface area contributed by atoms with Crippen molar-refractivity contribution in [3.63, 3.8) is 0 Å². The van der Waals surface area contributed by atoms with Gasteiger partial charge in [-0.25, -0.2) is 0 Å². The smallest absolute Gasteiger partial charge is 0.246 e. The number of amides is 4. The molecule has 0 spiro atoms. The molecule has 4 rings (SSSR count). The second kappa shape index (κ2) is 14.4. The lowest BCUT2D eigenvalue weighted by atomic mass is 9.98. The zero-order valence-electron chi connectivity index (χ0n) is 25.2. The van der Waals surface area contributed by atoms with Gasteiger partial charge in [0, 0.05) is 25.6 Å². The second-order valence-corrected chi connectivity index (χ2v) is 11.9. The lowest BCUT2D eigenvalue weighted by molar-refractivity contribution is -0.143. The van der Waals surface area contributed by atoms with Crippen LogP contribution in [-0.2, 0) is 19.2 Å². The minimum absolute atomic E-state index is 0.0559. The van der Waals surface area contributed by atoms with Gasteiger partial charge in [0.1, 0.15) is 12.1 Å².